The second-order valence-electron chi connectivity index (χ2n) is 31.2. The summed E-state index contributed by atoms with van der Waals surface area (Å²) in [6.07, 6.45) is 110. The smallest absolute Gasteiger partial charge is 0.306 e. The number of ether oxygens (including phenoxy) is 2. The van der Waals surface area contributed by atoms with Gasteiger partial charge in [-0.25, -0.2) is 0 Å². The number of nitrogens with zero attached hydrogens (tertiary/aromatic N) is 1. The van der Waals surface area contributed by atoms with Crippen molar-refractivity contribution in [1.29, 1.82) is 0 Å². The summed E-state index contributed by atoms with van der Waals surface area (Å²) in [6, 6.07) is 0. The van der Waals surface area contributed by atoms with Gasteiger partial charge in [0, 0.05) is 12.8 Å². The van der Waals surface area contributed by atoms with E-state index < -0.39 is 26.5 Å². The van der Waals surface area contributed by atoms with Crippen molar-refractivity contribution < 1.29 is 42.1 Å². The molecule has 0 amide bonds. The molecule has 2 unspecified atom stereocenters. The van der Waals surface area contributed by atoms with Crippen LogP contribution in [0.25, 0.3) is 0 Å². The van der Waals surface area contributed by atoms with Gasteiger partial charge in [-0.15, -0.1) is 0 Å². The van der Waals surface area contributed by atoms with E-state index >= 15 is 0 Å². The van der Waals surface area contributed by atoms with Crippen molar-refractivity contribution in [2.24, 2.45) is 0 Å². The van der Waals surface area contributed by atoms with Crippen molar-refractivity contribution in [2.45, 2.75) is 457 Å². The molecule has 0 aromatic heterocycles. The fourth-order valence-corrected chi connectivity index (χ4v) is 14.1. The number of allylic oxidation sites excluding steroid dienone is 10. The van der Waals surface area contributed by atoms with Crippen LogP contribution < -0.4 is 4.89 Å². The van der Waals surface area contributed by atoms with Gasteiger partial charge < -0.3 is 27.9 Å². The van der Waals surface area contributed by atoms with E-state index in [0.717, 1.165) is 64.2 Å². The van der Waals surface area contributed by atoms with Gasteiger partial charge in [0.15, 0.2) is 6.10 Å². The van der Waals surface area contributed by atoms with Crippen LogP contribution >= 0.6 is 7.82 Å². The average Bonchev–Trinajstić information content (AvgIpc) is 1.30. The lowest BCUT2D eigenvalue weighted by Crippen LogP contribution is -2.37. The van der Waals surface area contributed by atoms with Gasteiger partial charge in [-0.3, -0.25) is 14.2 Å². The molecule has 0 rings (SSSR count). The molecule has 10 heteroatoms. The minimum absolute atomic E-state index is 0.0274. The number of carbonyl (C=O) groups is 2. The maximum Gasteiger partial charge on any atom is 0.306 e. The summed E-state index contributed by atoms with van der Waals surface area (Å²) in [5, 5.41) is 0. The topological polar surface area (TPSA) is 111 Å². The van der Waals surface area contributed by atoms with E-state index in [2.05, 4.69) is 74.6 Å². The molecule has 0 saturated carbocycles. The zero-order valence-corrected chi connectivity index (χ0v) is 68.3. The Morgan fingerprint density at radius 3 is 0.850 bits per heavy atom. The van der Waals surface area contributed by atoms with E-state index in [1.54, 1.807) is 0 Å². The molecule has 0 aromatic rings. The standard InChI is InChI=1S/C90H170NO8P/c1-6-8-10-12-14-16-18-20-22-24-26-28-30-32-34-36-38-40-42-43-44-45-46-47-49-51-53-55-57-59-61-63-65-67-69-71-73-75-77-79-81-83-90(93)99-88(87-98-100(94,95)97-85-84-91(3,4)5)86-96-89(92)82-80-78-76-74-72-70-68-66-64-62-60-58-56-54-52-50-48-41-39-37-35-33-31-29-27-25-23-21-19-17-15-13-11-9-7-2/h8,10,14,16,20,22,26,28,32,34,88H,6-7,9,11-13,15,17-19,21,23-25,27,29-31,33,35-87H2,1-5H3/b10-8-,16-14-,22-20-,28-26-,34-32-. The lowest BCUT2D eigenvalue weighted by atomic mass is 10.0. The lowest BCUT2D eigenvalue weighted by Gasteiger charge is -2.28. The van der Waals surface area contributed by atoms with Crippen molar-refractivity contribution in [3.8, 4) is 0 Å². The lowest BCUT2D eigenvalue weighted by molar-refractivity contribution is -0.870. The zero-order valence-electron chi connectivity index (χ0n) is 67.4. The van der Waals surface area contributed by atoms with Gasteiger partial charge in [-0.05, 0) is 57.8 Å². The number of quaternary nitrogens is 1. The Kier molecular flexibility index (Phi) is 78.9. The number of phosphoric acid groups is 1. The Bertz CT molecular complexity index is 1870. The van der Waals surface area contributed by atoms with Gasteiger partial charge in [0.05, 0.1) is 27.7 Å². The van der Waals surface area contributed by atoms with Crippen LogP contribution in [0.2, 0.25) is 0 Å². The summed E-state index contributed by atoms with van der Waals surface area (Å²) in [5.41, 5.74) is 0. The minimum Gasteiger partial charge on any atom is -0.756 e. The Morgan fingerprint density at radius 1 is 0.320 bits per heavy atom. The molecule has 0 aliphatic heterocycles. The van der Waals surface area contributed by atoms with Gasteiger partial charge >= 0.3 is 11.9 Å². The molecule has 0 bridgehead atoms. The number of unbranched alkanes of at least 4 members (excludes halogenated alkanes) is 59. The van der Waals surface area contributed by atoms with Gasteiger partial charge in [-0.1, -0.05) is 441 Å². The number of likely N-dealkylation sites (N-methyl/N-ethyl adjacent to an activating group) is 1. The van der Waals surface area contributed by atoms with E-state index in [9.17, 15) is 19.0 Å². The van der Waals surface area contributed by atoms with E-state index in [-0.39, 0.29) is 32.0 Å². The molecule has 2 atom stereocenters. The number of esters is 2. The summed E-state index contributed by atoms with van der Waals surface area (Å²) < 4.78 is 34.5. The number of rotatable bonds is 83. The molecular weight excluding hydrogens is 1250 g/mol. The molecule has 0 fully saturated rings. The van der Waals surface area contributed by atoms with Crippen LogP contribution in [0.1, 0.15) is 450 Å². The SMILES string of the molecule is CC/C=C\C/C=C\C/C=C\C/C=C\C/C=C\CCCCCCCCCCCCCCCCCCCCCCCCCCCC(=O)OC(COC(=O)CCCCCCCCCCCCCCCCCCCCCCCCCCCCCCCCCCCCC)COP(=O)([O-])OCC[N+](C)(C)C. The Morgan fingerprint density at radius 2 is 0.570 bits per heavy atom. The molecule has 588 valence electrons. The zero-order chi connectivity index (χ0) is 72.5. The summed E-state index contributed by atoms with van der Waals surface area (Å²) >= 11 is 0. The maximum absolute atomic E-state index is 12.9. The molecule has 0 radical (unpaired) electrons. The van der Waals surface area contributed by atoms with Crippen LogP contribution in [0.5, 0.6) is 0 Å². The second-order valence-corrected chi connectivity index (χ2v) is 32.7. The predicted octanol–water partition coefficient (Wildman–Crippen LogP) is 29.0. The maximum atomic E-state index is 12.9. The fourth-order valence-electron chi connectivity index (χ4n) is 13.4. The molecule has 100 heavy (non-hydrogen) atoms. The second kappa shape index (κ2) is 80.8. The van der Waals surface area contributed by atoms with Crippen molar-refractivity contribution in [3.05, 3.63) is 60.8 Å². The highest BCUT2D eigenvalue weighted by atomic mass is 31.2. The Balaban J connectivity index is 3.85. The first-order valence-electron chi connectivity index (χ1n) is 44.0. The molecule has 0 heterocycles. The van der Waals surface area contributed by atoms with Crippen LogP contribution in [0.4, 0.5) is 0 Å². The third-order valence-corrected chi connectivity index (χ3v) is 21.0. The van der Waals surface area contributed by atoms with E-state index in [1.807, 2.05) is 21.1 Å². The van der Waals surface area contributed by atoms with E-state index in [0.29, 0.717) is 17.4 Å². The van der Waals surface area contributed by atoms with Crippen LogP contribution in [0.15, 0.2) is 60.8 Å². The number of phosphoric ester groups is 1. The van der Waals surface area contributed by atoms with E-state index in [1.165, 1.54) is 353 Å². The third-order valence-electron chi connectivity index (χ3n) is 20.1. The van der Waals surface area contributed by atoms with Gasteiger partial charge in [0.25, 0.3) is 7.82 Å². The first-order chi connectivity index (χ1) is 49.0. The Labute approximate surface area is 623 Å². The highest BCUT2D eigenvalue weighted by molar-refractivity contribution is 7.45. The Hall–Kier alpha value is -2.29. The van der Waals surface area contributed by atoms with Gasteiger partial charge in [0.2, 0.25) is 0 Å². The van der Waals surface area contributed by atoms with Crippen molar-refractivity contribution in [3.63, 3.8) is 0 Å². The van der Waals surface area contributed by atoms with Gasteiger partial charge in [-0.2, -0.15) is 0 Å². The molecule has 0 saturated heterocycles. The van der Waals surface area contributed by atoms with Crippen molar-refractivity contribution in [2.75, 3.05) is 47.5 Å². The number of carbonyl (C=O) groups excluding carboxylic acids is 2. The number of hydrogen-bond donors (Lipinski definition) is 0. The molecule has 0 N–H and O–H groups in total. The molecule has 0 spiro atoms. The third kappa shape index (κ3) is 84.6. The highest BCUT2D eigenvalue weighted by Crippen LogP contribution is 2.38. The van der Waals surface area contributed by atoms with Crippen LogP contribution in [-0.4, -0.2) is 70.0 Å². The summed E-state index contributed by atoms with van der Waals surface area (Å²) in [5.74, 6) is -0.805. The summed E-state index contributed by atoms with van der Waals surface area (Å²) in [4.78, 5) is 38.3. The number of hydrogen-bond acceptors (Lipinski definition) is 8. The highest BCUT2D eigenvalue weighted by Gasteiger charge is 2.22. The molecular formula is C90H170NO8P. The predicted molar refractivity (Wildman–Crippen MR) is 434 cm³/mol. The van der Waals surface area contributed by atoms with Crippen molar-refractivity contribution in [1.82, 2.24) is 0 Å². The van der Waals surface area contributed by atoms with Crippen molar-refractivity contribution >= 4 is 19.8 Å². The first kappa shape index (κ1) is 97.7. The molecule has 0 aromatic carbocycles. The minimum atomic E-state index is -4.65. The monoisotopic (exact) mass is 1420 g/mol. The average molecular weight is 1430 g/mol. The summed E-state index contributed by atoms with van der Waals surface area (Å²) in [6.45, 7) is 4.21. The van der Waals surface area contributed by atoms with E-state index in [4.69, 9.17) is 18.5 Å². The molecule has 0 aliphatic rings. The van der Waals surface area contributed by atoms with Crippen LogP contribution in [0, 0.1) is 0 Å². The van der Waals surface area contributed by atoms with Crippen LogP contribution in [0.3, 0.4) is 0 Å². The molecule has 9 nitrogen and oxygen atoms in total. The normalized spacial score (nSPS) is 13.2. The quantitative estimate of drug-likeness (QED) is 0.0195. The largest absolute Gasteiger partial charge is 0.756 e. The molecule has 0 aliphatic carbocycles. The van der Waals surface area contributed by atoms with Crippen LogP contribution in [-0.2, 0) is 32.7 Å². The first-order valence-corrected chi connectivity index (χ1v) is 45.5. The summed E-state index contributed by atoms with van der Waals surface area (Å²) in [7, 11) is 1.19. The van der Waals surface area contributed by atoms with Gasteiger partial charge in [0.1, 0.15) is 19.8 Å². The fraction of sp³-hybridized carbons (Fsp3) is 0.867.